The molecule has 3 nitrogen and oxygen atoms in total. The molecule has 3 heteroatoms. The lowest BCUT2D eigenvalue weighted by atomic mass is 9.96. The zero-order valence-electron chi connectivity index (χ0n) is 10.2. The van der Waals surface area contributed by atoms with Crippen molar-refractivity contribution >= 4 is 5.95 Å². The Morgan fingerprint density at radius 2 is 2.00 bits per heavy atom. The predicted molar refractivity (Wildman–Crippen MR) is 66.6 cm³/mol. The molecule has 0 bridgehead atoms. The Hall–Kier alpha value is -1.12. The normalized spacial score (nSPS) is 17.7. The standard InChI is InChI=1S/C13H21N3/c1-10(2)12-8-9-14-13(16-12)15-11-6-4-3-5-7-11/h8-11H,3-7H2,1-2H3,(H,14,15,16). The minimum Gasteiger partial charge on any atom is -0.351 e. The zero-order valence-corrected chi connectivity index (χ0v) is 10.2. The van der Waals surface area contributed by atoms with Gasteiger partial charge in [-0.1, -0.05) is 33.1 Å². The molecule has 0 atom stereocenters. The zero-order chi connectivity index (χ0) is 11.4. The average molecular weight is 219 g/mol. The molecule has 0 unspecified atom stereocenters. The van der Waals surface area contributed by atoms with E-state index in [1.165, 1.54) is 32.1 Å². The van der Waals surface area contributed by atoms with Gasteiger partial charge < -0.3 is 5.32 Å². The van der Waals surface area contributed by atoms with E-state index in [4.69, 9.17) is 0 Å². The third kappa shape index (κ3) is 2.94. The maximum atomic E-state index is 4.54. The molecule has 0 aliphatic heterocycles. The van der Waals surface area contributed by atoms with Gasteiger partial charge in [-0.3, -0.25) is 0 Å². The van der Waals surface area contributed by atoms with E-state index in [0.717, 1.165) is 11.6 Å². The fourth-order valence-corrected chi connectivity index (χ4v) is 2.19. The molecule has 2 rings (SSSR count). The minimum atomic E-state index is 0.468. The van der Waals surface area contributed by atoms with Crippen molar-refractivity contribution in [2.45, 2.75) is 57.9 Å². The Morgan fingerprint density at radius 1 is 1.25 bits per heavy atom. The van der Waals surface area contributed by atoms with E-state index >= 15 is 0 Å². The first-order chi connectivity index (χ1) is 7.75. The summed E-state index contributed by atoms with van der Waals surface area (Å²) in [6.07, 6.45) is 8.42. The highest BCUT2D eigenvalue weighted by Crippen LogP contribution is 2.20. The summed E-state index contributed by atoms with van der Waals surface area (Å²) in [6, 6.07) is 2.58. The first-order valence-electron chi connectivity index (χ1n) is 6.35. The van der Waals surface area contributed by atoms with Crippen LogP contribution in [0.4, 0.5) is 5.95 Å². The molecule has 1 aromatic heterocycles. The molecule has 0 spiro atoms. The van der Waals surface area contributed by atoms with Gasteiger partial charge in [0.1, 0.15) is 0 Å². The van der Waals surface area contributed by atoms with Crippen LogP contribution in [0.15, 0.2) is 12.3 Å². The fraction of sp³-hybridized carbons (Fsp3) is 0.692. The highest BCUT2D eigenvalue weighted by Gasteiger charge is 2.14. The van der Waals surface area contributed by atoms with E-state index in [1.807, 2.05) is 12.3 Å². The molecule has 88 valence electrons. The molecule has 0 saturated heterocycles. The Bertz CT molecular complexity index is 330. The largest absolute Gasteiger partial charge is 0.351 e. The van der Waals surface area contributed by atoms with Crippen molar-refractivity contribution in [2.24, 2.45) is 0 Å². The van der Waals surface area contributed by atoms with Crippen molar-refractivity contribution in [3.63, 3.8) is 0 Å². The highest BCUT2D eigenvalue weighted by molar-refractivity contribution is 5.27. The van der Waals surface area contributed by atoms with Crippen molar-refractivity contribution in [1.82, 2.24) is 9.97 Å². The summed E-state index contributed by atoms with van der Waals surface area (Å²) in [5, 5.41) is 3.45. The average Bonchev–Trinajstić information content (AvgIpc) is 2.30. The Balaban J connectivity index is 2.00. The van der Waals surface area contributed by atoms with E-state index in [9.17, 15) is 0 Å². The number of nitrogens with one attached hydrogen (secondary N) is 1. The van der Waals surface area contributed by atoms with Gasteiger partial charge in [0.25, 0.3) is 0 Å². The van der Waals surface area contributed by atoms with Crippen molar-refractivity contribution in [2.75, 3.05) is 5.32 Å². The van der Waals surface area contributed by atoms with Gasteiger partial charge in [0.05, 0.1) is 0 Å². The summed E-state index contributed by atoms with van der Waals surface area (Å²) < 4.78 is 0. The number of hydrogen-bond donors (Lipinski definition) is 1. The monoisotopic (exact) mass is 219 g/mol. The lowest BCUT2D eigenvalue weighted by molar-refractivity contribution is 0.460. The van der Waals surface area contributed by atoms with E-state index in [2.05, 4.69) is 29.1 Å². The summed E-state index contributed by atoms with van der Waals surface area (Å²) in [5.41, 5.74) is 1.12. The number of nitrogens with zero attached hydrogens (tertiary/aromatic N) is 2. The second kappa shape index (κ2) is 5.28. The predicted octanol–water partition coefficient (Wildman–Crippen LogP) is 3.34. The van der Waals surface area contributed by atoms with Crippen molar-refractivity contribution < 1.29 is 0 Å². The van der Waals surface area contributed by atoms with Crippen molar-refractivity contribution in [1.29, 1.82) is 0 Å². The molecule has 0 aromatic carbocycles. The molecule has 0 radical (unpaired) electrons. The third-order valence-electron chi connectivity index (χ3n) is 3.21. The van der Waals surface area contributed by atoms with Crippen LogP contribution in [0.2, 0.25) is 0 Å². The van der Waals surface area contributed by atoms with E-state index in [-0.39, 0.29) is 0 Å². The smallest absolute Gasteiger partial charge is 0.223 e. The molecule has 1 aliphatic carbocycles. The second-order valence-electron chi connectivity index (χ2n) is 4.94. The van der Waals surface area contributed by atoms with Gasteiger partial charge in [-0.15, -0.1) is 0 Å². The number of aromatic nitrogens is 2. The first kappa shape index (κ1) is 11.4. The molecule has 0 amide bonds. The van der Waals surface area contributed by atoms with Crippen molar-refractivity contribution in [3.05, 3.63) is 18.0 Å². The quantitative estimate of drug-likeness (QED) is 0.847. The van der Waals surface area contributed by atoms with E-state index < -0.39 is 0 Å². The van der Waals surface area contributed by atoms with Crippen LogP contribution >= 0.6 is 0 Å². The molecule has 1 N–H and O–H groups in total. The second-order valence-corrected chi connectivity index (χ2v) is 4.94. The molecule has 1 aliphatic rings. The van der Waals surface area contributed by atoms with Gasteiger partial charge in [0.15, 0.2) is 0 Å². The maximum Gasteiger partial charge on any atom is 0.223 e. The van der Waals surface area contributed by atoms with E-state index in [0.29, 0.717) is 12.0 Å². The Morgan fingerprint density at radius 3 is 2.69 bits per heavy atom. The lowest BCUT2D eigenvalue weighted by Gasteiger charge is -2.22. The molecule has 16 heavy (non-hydrogen) atoms. The SMILES string of the molecule is CC(C)c1ccnc(NC2CCCCC2)n1. The summed E-state index contributed by atoms with van der Waals surface area (Å²) in [5.74, 6) is 1.27. The minimum absolute atomic E-state index is 0.468. The van der Waals surface area contributed by atoms with Crippen LogP contribution in [0.5, 0.6) is 0 Å². The summed E-state index contributed by atoms with van der Waals surface area (Å²) in [4.78, 5) is 8.84. The number of hydrogen-bond acceptors (Lipinski definition) is 3. The van der Waals surface area contributed by atoms with Crippen LogP contribution in [-0.2, 0) is 0 Å². The van der Waals surface area contributed by atoms with Gasteiger partial charge in [0.2, 0.25) is 5.95 Å². The van der Waals surface area contributed by atoms with Crippen molar-refractivity contribution in [3.8, 4) is 0 Å². The molecule has 1 heterocycles. The molecule has 1 saturated carbocycles. The van der Waals surface area contributed by atoms with Crippen LogP contribution in [-0.4, -0.2) is 16.0 Å². The molecule has 1 fully saturated rings. The topological polar surface area (TPSA) is 37.8 Å². The van der Waals surface area contributed by atoms with Crippen LogP contribution in [0.25, 0.3) is 0 Å². The lowest BCUT2D eigenvalue weighted by Crippen LogP contribution is -2.23. The third-order valence-corrected chi connectivity index (χ3v) is 3.21. The van der Waals surface area contributed by atoms with Gasteiger partial charge in [-0.25, -0.2) is 9.97 Å². The first-order valence-corrected chi connectivity index (χ1v) is 6.35. The van der Waals surface area contributed by atoms with Gasteiger partial charge in [0, 0.05) is 17.9 Å². The van der Waals surface area contributed by atoms with E-state index in [1.54, 1.807) is 0 Å². The number of rotatable bonds is 3. The van der Waals surface area contributed by atoms with Crippen LogP contribution in [0.3, 0.4) is 0 Å². The van der Waals surface area contributed by atoms with Gasteiger partial charge in [-0.05, 0) is 24.8 Å². The summed E-state index contributed by atoms with van der Waals surface area (Å²) in [7, 11) is 0. The molecular weight excluding hydrogens is 198 g/mol. The van der Waals surface area contributed by atoms with Gasteiger partial charge in [-0.2, -0.15) is 0 Å². The Labute approximate surface area is 97.7 Å². The fourth-order valence-electron chi connectivity index (χ4n) is 2.19. The van der Waals surface area contributed by atoms with Crippen LogP contribution in [0, 0.1) is 0 Å². The number of anilines is 1. The van der Waals surface area contributed by atoms with Crippen LogP contribution < -0.4 is 5.32 Å². The Kier molecular flexibility index (Phi) is 3.75. The molecular formula is C13H21N3. The molecule has 1 aromatic rings. The van der Waals surface area contributed by atoms with Crippen LogP contribution in [0.1, 0.15) is 57.6 Å². The maximum absolute atomic E-state index is 4.54. The summed E-state index contributed by atoms with van der Waals surface area (Å²) in [6.45, 7) is 4.32. The summed E-state index contributed by atoms with van der Waals surface area (Å²) >= 11 is 0. The highest BCUT2D eigenvalue weighted by atomic mass is 15.1. The van der Waals surface area contributed by atoms with Gasteiger partial charge >= 0.3 is 0 Å².